The van der Waals surface area contributed by atoms with Crippen LogP contribution in [0.5, 0.6) is 0 Å². The van der Waals surface area contributed by atoms with Gasteiger partial charge in [0.15, 0.2) is 11.9 Å². The number of amides is 1. The number of ether oxygens (including phenoxy) is 1. The molecule has 0 aliphatic heterocycles. The summed E-state index contributed by atoms with van der Waals surface area (Å²) in [6.07, 6.45) is 2.15. The van der Waals surface area contributed by atoms with Gasteiger partial charge in [0, 0.05) is 9.99 Å². The molecule has 0 heterocycles. The van der Waals surface area contributed by atoms with E-state index in [2.05, 4.69) is 27.9 Å². The molecule has 21 heavy (non-hydrogen) atoms. The van der Waals surface area contributed by atoms with Crippen molar-refractivity contribution in [2.45, 2.75) is 31.8 Å². The average Bonchev–Trinajstić information content (AvgIpc) is 2.48. The fourth-order valence-electron chi connectivity index (χ4n) is 2.17. The van der Waals surface area contributed by atoms with E-state index in [-0.39, 0.29) is 18.2 Å². The number of halogens is 1. The Kier molecular flexibility index (Phi) is 5.72. The van der Waals surface area contributed by atoms with E-state index in [1.54, 1.807) is 12.1 Å². The van der Waals surface area contributed by atoms with Crippen molar-refractivity contribution >= 4 is 40.3 Å². The maximum absolute atomic E-state index is 11.9. The van der Waals surface area contributed by atoms with Crippen LogP contribution >= 0.6 is 22.6 Å². The first-order chi connectivity index (χ1) is 10.1. The van der Waals surface area contributed by atoms with Gasteiger partial charge >= 0.3 is 5.97 Å². The molecule has 2 rings (SSSR count). The number of ketones is 1. The molecule has 6 heteroatoms. The lowest BCUT2D eigenvalue weighted by Gasteiger charge is -2.20. The van der Waals surface area contributed by atoms with Crippen LogP contribution in [0.25, 0.3) is 0 Å². The second kappa shape index (κ2) is 7.53. The van der Waals surface area contributed by atoms with Crippen LogP contribution in [0.15, 0.2) is 24.3 Å². The summed E-state index contributed by atoms with van der Waals surface area (Å²) in [4.78, 5) is 35.2. The summed E-state index contributed by atoms with van der Waals surface area (Å²) in [5.74, 6) is -0.931. The van der Waals surface area contributed by atoms with Crippen molar-refractivity contribution in [3.63, 3.8) is 0 Å². The number of esters is 1. The molecule has 112 valence electrons. The predicted molar refractivity (Wildman–Crippen MR) is 84.8 cm³/mol. The van der Waals surface area contributed by atoms with Gasteiger partial charge in [0.1, 0.15) is 6.54 Å². The maximum Gasteiger partial charge on any atom is 0.326 e. The van der Waals surface area contributed by atoms with Crippen molar-refractivity contribution in [2.75, 3.05) is 6.54 Å². The summed E-state index contributed by atoms with van der Waals surface area (Å²) in [6, 6.07) is 7.10. The normalized spacial score (nSPS) is 18.1. The second-order valence-corrected chi connectivity index (χ2v) is 6.02. The van der Waals surface area contributed by atoms with Crippen LogP contribution < -0.4 is 5.32 Å². The van der Waals surface area contributed by atoms with Crippen LogP contribution in [0.3, 0.4) is 0 Å². The zero-order valence-corrected chi connectivity index (χ0v) is 13.6. The third-order valence-electron chi connectivity index (χ3n) is 3.28. The summed E-state index contributed by atoms with van der Waals surface area (Å²) in [5.41, 5.74) is 0.514. The highest BCUT2D eigenvalue weighted by Crippen LogP contribution is 2.17. The summed E-state index contributed by atoms with van der Waals surface area (Å²) < 4.78 is 5.92. The summed E-state index contributed by atoms with van der Waals surface area (Å²) in [7, 11) is 0. The molecular formula is C15H16INO4. The molecule has 1 N–H and O–H groups in total. The Morgan fingerprint density at radius 2 is 2.05 bits per heavy atom. The van der Waals surface area contributed by atoms with E-state index >= 15 is 0 Å². The first-order valence-electron chi connectivity index (χ1n) is 6.83. The topological polar surface area (TPSA) is 72.5 Å². The molecule has 1 saturated carbocycles. The van der Waals surface area contributed by atoms with Crippen LogP contribution in [-0.2, 0) is 14.3 Å². The summed E-state index contributed by atoms with van der Waals surface area (Å²) in [6.45, 7) is -0.229. The summed E-state index contributed by atoms with van der Waals surface area (Å²) in [5, 5.41) is 2.51. The van der Waals surface area contributed by atoms with Gasteiger partial charge in [0.05, 0.1) is 5.56 Å². The summed E-state index contributed by atoms with van der Waals surface area (Å²) >= 11 is 2.06. The van der Waals surface area contributed by atoms with Crippen molar-refractivity contribution < 1.29 is 19.1 Å². The molecule has 0 aromatic heterocycles. The molecule has 1 aliphatic rings. The van der Waals surface area contributed by atoms with E-state index in [4.69, 9.17) is 4.74 Å². The Bertz CT molecular complexity index is 558. The zero-order valence-electron chi connectivity index (χ0n) is 11.4. The molecule has 1 aromatic carbocycles. The van der Waals surface area contributed by atoms with Gasteiger partial charge < -0.3 is 10.1 Å². The highest BCUT2D eigenvalue weighted by Gasteiger charge is 2.25. The van der Waals surface area contributed by atoms with E-state index < -0.39 is 12.1 Å². The first-order valence-corrected chi connectivity index (χ1v) is 7.90. The lowest BCUT2D eigenvalue weighted by Crippen LogP contribution is -2.36. The minimum absolute atomic E-state index is 0.0291. The lowest BCUT2D eigenvalue weighted by molar-refractivity contribution is -0.155. The van der Waals surface area contributed by atoms with Crippen molar-refractivity contribution in [1.82, 2.24) is 5.32 Å². The molecule has 1 aliphatic carbocycles. The Morgan fingerprint density at radius 1 is 1.29 bits per heavy atom. The Labute approximate surface area is 136 Å². The van der Waals surface area contributed by atoms with Crippen molar-refractivity contribution in [1.29, 1.82) is 0 Å². The zero-order chi connectivity index (χ0) is 15.2. The second-order valence-electron chi connectivity index (χ2n) is 4.85. The van der Waals surface area contributed by atoms with Gasteiger partial charge in [-0.15, -0.1) is 0 Å². The minimum atomic E-state index is -0.639. The van der Waals surface area contributed by atoms with Gasteiger partial charge in [-0.3, -0.25) is 14.4 Å². The molecule has 0 radical (unpaired) electrons. The number of rotatable bonds is 4. The maximum atomic E-state index is 11.9. The third kappa shape index (κ3) is 4.52. The van der Waals surface area contributed by atoms with E-state index in [1.165, 1.54) is 0 Å². The molecule has 0 unspecified atom stereocenters. The molecule has 0 saturated heterocycles. The van der Waals surface area contributed by atoms with Crippen LogP contribution in [0.2, 0.25) is 0 Å². The van der Waals surface area contributed by atoms with E-state index in [1.807, 2.05) is 12.1 Å². The third-order valence-corrected chi connectivity index (χ3v) is 4.22. The molecule has 0 spiro atoms. The molecule has 0 bridgehead atoms. The molecule has 5 nitrogen and oxygen atoms in total. The Morgan fingerprint density at radius 3 is 2.76 bits per heavy atom. The lowest BCUT2D eigenvalue weighted by atomic mass is 9.96. The molecular weight excluding hydrogens is 385 g/mol. The fraction of sp³-hybridized carbons (Fsp3) is 0.400. The number of benzene rings is 1. The molecule has 1 aromatic rings. The smallest absolute Gasteiger partial charge is 0.326 e. The van der Waals surface area contributed by atoms with Gasteiger partial charge in [0.2, 0.25) is 0 Å². The minimum Gasteiger partial charge on any atom is -0.453 e. The molecule has 1 amide bonds. The first kappa shape index (κ1) is 15.9. The quantitative estimate of drug-likeness (QED) is 0.620. The molecule has 1 fully saturated rings. The largest absolute Gasteiger partial charge is 0.453 e. The van der Waals surface area contributed by atoms with Crippen molar-refractivity contribution in [2.24, 2.45) is 0 Å². The highest BCUT2D eigenvalue weighted by atomic mass is 127. The van der Waals surface area contributed by atoms with E-state index in [0.717, 1.165) is 16.4 Å². The Hall–Kier alpha value is -1.44. The monoisotopic (exact) mass is 401 g/mol. The number of nitrogens with one attached hydrogen (secondary N) is 1. The number of carbonyl (C=O) groups is 3. The van der Waals surface area contributed by atoms with Crippen LogP contribution in [0, 0.1) is 3.57 Å². The van der Waals surface area contributed by atoms with Gasteiger partial charge in [-0.1, -0.05) is 12.1 Å². The van der Waals surface area contributed by atoms with Crippen LogP contribution in [-0.4, -0.2) is 30.3 Å². The standard InChI is InChI=1S/C15H16INO4/c16-11-6-2-1-5-10(11)15(20)17-9-14(19)21-13-8-4-3-7-12(13)18/h1-2,5-6,13H,3-4,7-9H2,(H,17,20)/t13-/m0/s1. The highest BCUT2D eigenvalue weighted by molar-refractivity contribution is 14.1. The number of hydrogen-bond acceptors (Lipinski definition) is 4. The van der Waals surface area contributed by atoms with Crippen LogP contribution in [0.4, 0.5) is 0 Å². The van der Waals surface area contributed by atoms with Gasteiger partial charge in [0.25, 0.3) is 5.91 Å². The van der Waals surface area contributed by atoms with Gasteiger partial charge in [-0.2, -0.15) is 0 Å². The number of carbonyl (C=O) groups excluding carboxylic acids is 3. The number of hydrogen-bond donors (Lipinski definition) is 1. The van der Waals surface area contributed by atoms with Crippen LogP contribution in [0.1, 0.15) is 36.0 Å². The average molecular weight is 401 g/mol. The predicted octanol–water partition coefficient (Wildman–Crippen LogP) is 2.08. The van der Waals surface area contributed by atoms with E-state index in [0.29, 0.717) is 18.4 Å². The van der Waals surface area contributed by atoms with E-state index in [9.17, 15) is 14.4 Å². The van der Waals surface area contributed by atoms with Gasteiger partial charge in [-0.05, 0) is 54.0 Å². The fourth-order valence-corrected chi connectivity index (χ4v) is 2.80. The van der Waals surface area contributed by atoms with Crippen molar-refractivity contribution in [3.05, 3.63) is 33.4 Å². The van der Waals surface area contributed by atoms with Gasteiger partial charge in [-0.25, -0.2) is 0 Å². The van der Waals surface area contributed by atoms with Crippen molar-refractivity contribution in [3.8, 4) is 0 Å². The number of Topliss-reactive ketones (excluding diaryl/α,β-unsaturated/α-hetero) is 1. The SMILES string of the molecule is O=C(CNC(=O)c1ccccc1I)O[C@H]1CCCCC1=O. The Balaban J connectivity index is 1.82. The molecule has 1 atom stereocenters.